The molecule has 1 unspecified atom stereocenters. The van der Waals surface area contributed by atoms with Crippen LogP contribution in [0.25, 0.3) is 0 Å². The topological polar surface area (TPSA) is 354 Å². The second-order valence-corrected chi connectivity index (χ2v) is 21.5. The van der Waals surface area contributed by atoms with Gasteiger partial charge in [0.2, 0.25) is 29.5 Å². The number of hydrazine groups is 1. The van der Waals surface area contributed by atoms with Crippen LogP contribution in [-0.2, 0) is 72.9 Å². The maximum atomic E-state index is 12.8. The lowest BCUT2D eigenvalue weighted by molar-refractivity contribution is -0.142. The Balaban J connectivity index is -0.000000732. The number of methoxy groups -OCH3 is 1. The Labute approximate surface area is 475 Å². The molecule has 23 nitrogen and oxygen atoms in total. The number of hydrogen-bond acceptors (Lipinski definition) is 16. The van der Waals surface area contributed by atoms with E-state index in [1.54, 1.807) is 14.0 Å². The van der Waals surface area contributed by atoms with Crippen LogP contribution in [0.2, 0.25) is 0 Å². The minimum Gasteiger partial charge on any atom is -0.481 e. The predicted octanol–water partition coefficient (Wildman–Crippen LogP) is 4.83. The van der Waals surface area contributed by atoms with E-state index in [4.69, 9.17) is 29.8 Å². The van der Waals surface area contributed by atoms with E-state index in [0.717, 1.165) is 51.4 Å². The van der Waals surface area contributed by atoms with Crippen LogP contribution in [0.15, 0.2) is 0 Å². The van der Waals surface area contributed by atoms with Crippen molar-refractivity contribution in [1.29, 1.82) is 0 Å². The predicted molar refractivity (Wildman–Crippen MR) is 305 cm³/mol. The monoisotopic (exact) mass is 1150 g/mol. The van der Waals surface area contributed by atoms with Gasteiger partial charge >= 0.3 is 11.9 Å². The summed E-state index contributed by atoms with van der Waals surface area (Å²) >= 11 is 0. The van der Waals surface area contributed by atoms with Crippen molar-refractivity contribution >= 4 is 63.8 Å². The number of carboxylic acids is 2. The van der Waals surface area contributed by atoms with Crippen molar-refractivity contribution in [3.05, 3.63) is 0 Å². The third kappa shape index (κ3) is 50.3. The fraction of sp³-hybridized carbons (Fsp3) is 0.836. The van der Waals surface area contributed by atoms with Gasteiger partial charge in [0.05, 0.1) is 25.9 Å². The van der Waals surface area contributed by atoms with E-state index in [9.17, 15) is 57.6 Å². The summed E-state index contributed by atoms with van der Waals surface area (Å²) < 4.78 is 32.2. The smallest absolute Gasteiger partial charge is 0.326 e. The maximum absolute atomic E-state index is 12.8. The minimum atomic E-state index is -1.21. The van der Waals surface area contributed by atoms with Crippen molar-refractivity contribution in [2.45, 2.75) is 206 Å². The number of nitrogens with one attached hydrogen (secondary N) is 5. The quantitative estimate of drug-likeness (QED) is 0.0291. The van der Waals surface area contributed by atoms with Crippen LogP contribution in [0.3, 0.4) is 0 Å². The molecule has 6 atom stereocenters. The second-order valence-electron chi connectivity index (χ2n) is 20.0. The highest BCUT2D eigenvalue weighted by Gasteiger charge is 2.27. The number of aliphatic hydroxyl groups excluding tert-OH is 1. The molecule has 5 amide bonds. The van der Waals surface area contributed by atoms with Crippen LogP contribution in [0.4, 0.5) is 0 Å². The fourth-order valence-electron chi connectivity index (χ4n) is 7.83. The van der Waals surface area contributed by atoms with Crippen molar-refractivity contribution in [2.75, 3.05) is 78.5 Å². The zero-order chi connectivity index (χ0) is 59.5. The molecule has 464 valence electrons. The Morgan fingerprint density at radius 2 is 1.15 bits per heavy atom. The highest BCUT2D eigenvalue weighted by Crippen LogP contribution is 2.18. The Morgan fingerprint density at radius 1 is 0.608 bits per heavy atom. The van der Waals surface area contributed by atoms with Gasteiger partial charge in [-0.2, -0.15) is 0 Å². The molecule has 0 aliphatic rings. The number of rotatable bonds is 54. The van der Waals surface area contributed by atoms with Crippen LogP contribution < -0.4 is 32.5 Å². The van der Waals surface area contributed by atoms with Crippen LogP contribution in [0.5, 0.6) is 0 Å². The largest absolute Gasteiger partial charge is 0.481 e. The Bertz CT molecular complexity index is 1720. The van der Waals surface area contributed by atoms with Crippen LogP contribution in [0.1, 0.15) is 191 Å². The molecule has 24 heteroatoms. The van der Waals surface area contributed by atoms with Gasteiger partial charge in [0, 0.05) is 103 Å². The van der Waals surface area contributed by atoms with E-state index in [1.165, 1.54) is 58.1 Å². The van der Waals surface area contributed by atoms with Gasteiger partial charge in [0.15, 0.2) is 0 Å². The van der Waals surface area contributed by atoms with Gasteiger partial charge in [-0.25, -0.2) is 10.2 Å². The van der Waals surface area contributed by atoms with Crippen molar-refractivity contribution in [3.8, 4) is 0 Å². The summed E-state index contributed by atoms with van der Waals surface area (Å²) in [6, 6.07) is -2.21. The van der Waals surface area contributed by atoms with Gasteiger partial charge in [0.25, 0.3) is 0 Å². The maximum Gasteiger partial charge on any atom is 0.326 e. The van der Waals surface area contributed by atoms with E-state index in [0.29, 0.717) is 71.4 Å². The lowest BCUT2D eigenvalue weighted by Crippen LogP contribution is -2.56. The molecule has 0 spiro atoms. The summed E-state index contributed by atoms with van der Waals surface area (Å²) in [6.45, 7) is 7.66. The number of aliphatic hydroxyl groups is 1. The molecule has 0 aromatic rings. The minimum absolute atomic E-state index is 0. The van der Waals surface area contributed by atoms with E-state index in [2.05, 4.69) is 26.8 Å². The summed E-state index contributed by atoms with van der Waals surface area (Å²) in [7, 11) is 0.406. The van der Waals surface area contributed by atoms with Crippen LogP contribution >= 0.6 is 0 Å². The normalized spacial score (nSPS) is 13.3. The molecule has 0 radical (unpaired) electrons. The van der Waals surface area contributed by atoms with Gasteiger partial charge in [0.1, 0.15) is 36.9 Å². The average molecular weight is 1160 g/mol. The number of nitrogens with two attached hydrogens (primary N) is 1. The van der Waals surface area contributed by atoms with Gasteiger partial charge in [-0.1, -0.05) is 97.3 Å². The molecule has 0 aromatic heterocycles. The summed E-state index contributed by atoms with van der Waals surface area (Å²) in [5, 5.41) is 35.5. The summed E-state index contributed by atoms with van der Waals surface area (Å²) in [6.07, 6.45) is 20.7. The summed E-state index contributed by atoms with van der Waals surface area (Å²) in [5.41, 5.74) is 9.97. The molecule has 0 saturated heterocycles. The van der Waals surface area contributed by atoms with E-state index in [1.807, 2.05) is 6.92 Å². The summed E-state index contributed by atoms with van der Waals surface area (Å²) in [4.78, 5) is 106. The first kappa shape index (κ1) is 76.6. The number of hydrogen-bond donors (Lipinski definition) is 9. The Hall–Kier alpha value is -4.46. The highest BCUT2D eigenvalue weighted by atomic mass is 32.2. The van der Waals surface area contributed by atoms with Gasteiger partial charge in [-0.05, 0) is 58.3 Å². The Morgan fingerprint density at radius 3 is 1.67 bits per heavy atom. The van der Waals surface area contributed by atoms with Crippen LogP contribution in [0, 0.1) is 11.8 Å². The third-order valence-corrected chi connectivity index (χ3v) is 13.4. The number of Topliss-reactive ketones (excluding diaryl/α,β-unsaturated/α-hetero) is 2. The molecule has 79 heavy (non-hydrogen) atoms. The zero-order valence-electron chi connectivity index (χ0n) is 48.4. The molecule has 0 heterocycles. The van der Waals surface area contributed by atoms with E-state index >= 15 is 0 Å². The highest BCUT2D eigenvalue weighted by molar-refractivity contribution is 7.84. The third-order valence-electron chi connectivity index (χ3n) is 12.6. The first-order chi connectivity index (χ1) is 37.7. The van der Waals surface area contributed by atoms with Crippen molar-refractivity contribution in [1.82, 2.24) is 26.8 Å². The number of carboxylic acid groups (broad SMARTS) is 2. The number of aliphatic carboxylic acids is 2. The van der Waals surface area contributed by atoms with Crippen molar-refractivity contribution < 1.29 is 84.5 Å². The van der Waals surface area contributed by atoms with Crippen molar-refractivity contribution in [2.24, 2.45) is 17.6 Å². The molecule has 0 aliphatic heterocycles. The van der Waals surface area contributed by atoms with E-state index in [-0.39, 0.29) is 102 Å². The molecule has 0 aliphatic carbocycles. The number of ether oxygens (including phenoxy) is 4. The standard InChI is InChI=1S/C28H53N5O10S.C27H49NO7.2H2/c1-5-12-42-18-25(37)31-11-13-41-14-15-43-19-24(36)30-10-7-6-8-20(2)23(35)17-22(9-16-44(4)40)28(39)33-32-26(21(3)34)27(29)38;1-35-22-16-17-23(29)20-21-24(27(33)34)28-25(30)18-14-12-10-8-6-4-2-3-5-7-9-11-13-15-19-26(31)32;;/h20-22,26,32,34H,5-19H2,1-4H3,(H2,29,38)(H,30,36)(H,31,37)(H,33,39);24H,2-22H2,1H3,(H,28,30)(H,31,32)(H,33,34);2*1H/t20-,21+,22+,26-,44?;24-;;/m00../s1. The van der Waals surface area contributed by atoms with Gasteiger partial charge < -0.3 is 56.0 Å². The van der Waals surface area contributed by atoms with Gasteiger partial charge in [-0.3, -0.25) is 48.0 Å². The van der Waals surface area contributed by atoms with E-state index < -0.39 is 58.7 Å². The zero-order valence-corrected chi connectivity index (χ0v) is 49.2. The molecular formula is C55H106N6O17S. The molecular weight excluding hydrogens is 1050 g/mol. The molecule has 0 rings (SSSR count). The lowest BCUT2D eigenvalue weighted by Gasteiger charge is -2.22. The molecule has 10 N–H and O–H groups in total. The number of carbonyl (C=O) groups is 9. The van der Waals surface area contributed by atoms with Crippen molar-refractivity contribution in [3.63, 3.8) is 0 Å². The van der Waals surface area contributed by atoms with Crippen LogP contribution in [-0.4, -0.2) is 169 Å². The number of amides is 5. The average Bonchev–Trinajstić information content (AvgIpc) is 3.38. The molecule has 0 fully saturated rings. The Kier molecular flexibility index (Phi) is 51.3. The second kappa shape index (κ2) is 52.9. The fourth-order valence-corrected chi connectivity index (χ4v) is 8.45. The molecule has 0 bridgehead atoms. The number of primary amides is 1. The number of carbonyl (C=O) groups excluding carboxylic acids is 7. The SMILES string of the molecule is CCCOCC(=O)NCCOCCOCC(=O)NCCCC[C@H](C)C(=O)C[C@@H](CCS(C)=O)C(=O)NN[C@H](C(N)=O)[C@@H](C)O.COCCCC(=O)CC[C@H](NC(=O)CCCCCCCCCCCCCCCCC(=O)O)C(=O)O.[HH].[HH]. The molecule has 0 aromatic carbocycles. The van der Waals surface area contributed by atoms with Gasteiger partial charge in [-0.15, -0.1) is 0 Å². The summed E-state index contributed by atoms with van der Waals surface area (Å²) in [5.74, 6) is -4.95. The number of ketones is 2. The number of unbranched alkanes of at least 4 members (excludes halogenated alkanes) is 14. The lowest BCUT2D eigenvalue weighted by atomic mass is 9.90. The first-order valence-corrected chi connectivity index (χ1v) is 30.3. The first-order valence-electron chi connectivity index (χ1n) is 28.6. The molecule has 0 saturated carbocycles.